The van der Waals surface area contributed by atoms with Crippen molar-refractivity contribution in [3.8, 4) is 0 Å². The Morgan fingerprint density at radius 3 is 1.81 bits per heavy atom. The van der Waals surface area contributed by atoms with Gasteiger partial charge in [-0.05, 0) is 12.1 Å². The minimum absolute atomic E-state index is 0.543. The molecule has 4 heteroatoms. The van der Waals surface area contributed by atoms with Gasteiger partial charge in [0.2, 0.25) is 0 Å². The Bertz CT molecular complexity index is 887. The van der Waals surface area contributed by atoms with Gasteiger partial charge < -0.3 is 9.64 Å². The van der Waals surface area contributed by atoms with Crippen LogP contribution in [-0.2, 0) is 26.0 Å². The van der Waals surface area contributed by atoms with E-state index in [9.17, 15) is 0 Å². The van der Waals surface area contributed by atoms with Crippen molar-refractivity contribution in [1.29, 1.82) is 0 Å². The van der Waals surface area contributed by atoms with Gasteiger partial charge in [0.05, 0.1) is 6.61 Å². The average Bonchev–Trinajstić information content (AvgIpc) is 2.71. The number of rotatable bonds is 3. The normalized spacial score (nSPS) is 27.5. The first kappa shape index (κ1) is 15.6. The lowest BCUT2D eigenvalue weighted by Gasteiger charge is -2.62. The van der Waals surface area contributed by atoms with Gasteiger partial charge in [-0.1, -0.05) is 78.9 Å². The second-order valence-electron chi connectivity index (χ2n) is 6.49. The van der Waals surface area contributed by atoms with Crippen LogP contribution in [-0.4, -0.2) is 13.2 Å². The zero-order chi connectivity index (χ0) is 17.5. The number of fused-ring (bicyclic) bond motifs is 1. The molecular formula is C22H19NO3. The summed E-state index contributed by atoms with van der Waals surface area (Å²) in [6, 6.07) is 30.4. The summed E-state index contributed by atoms with van der Waals surface area (Å²) < 4.78 is 6.27. The molecule has 2 unspecified atom stereocenters. The van der Waals surface area contributed by atoms with E-state index in [1.165, 1.54) is 0 Å². The van der Waals surface area contributed by atoms with Gasteiger partial charge in [-0.3, -0.25) is 0 Å². The largest absolute Gasteiger partial charge is 0.338 e. The van der Waals surface area contributed by atoms with Gasteiger partial charge in [0, 0.05) is 23.4 Å². The molecule has 5 rings (SSSR count). The van der Waals surface area contributed by atoms with Crippen LogP contribution in [0.2, 0.25) is 0 Å². The molecule has 0 saturated carbocycles. The third-order valence-electron chi connectivity index (χ3n) is 5.11. The average molecular weight is 345 g/mol. The number of benzene rings is 3. The Morgan fingerprint density at radius 1 is 0.654 bits per heavy atom. The number of nitrogens with zero attached hydrogens (tertiary/aromatic N) is 1. The molecule has 0 bridgehead atoms. The van der Waals surface area contributed by atoms with E-state index in [1.807, 2.05) is 66.7 Å². The Morgan fingerprint density at radius 2 is 1.23 bits per heavy atom. The molecule has 3 aromatic carbocycles. The van der Waals surface area contributed by atoms with Crippen molar-refractivity contribution in [2.75, 3.05) is 18.1 Å². The van der Waals surface area contributed by atoms with Crippen LogP contribution in [0.15, 0.2) is 91.0 Å². The van der Waals surface area contributed by atoms with Crippen LogP contribution in [0.5, 0.6) is 0 Å². The zero-order valence-corrected chi connectivity index (χ0v) is 14.2. The van der Waals surface area contributed by atoms with E-state index in [-0.39, 0.29) is 0 Å². The lowest BCUT2D eigenvalue weighted by molar-refractivity contribution is -0.636. The van der Waals surface area contributed by atoms with Crippen LogP contribution in [0.3, 0.4) is 0 Å². The maximum Gasteiger partial charge on any atom is 0.283 e. The summed E-state index contributed by atoms with van der Waals surface area (Å²) in [6.07, 6.45) is 0. The highest BCUT2D eigenvalue weighted by molar-refractivity contribution is 5.54. The van der Waals surface area contributed by atoms with E-state index < -0.39 is 11.5 Å². The summed E-state index contributed by atoms with van der Waals surface area (Å²) >= 11 is 0. The van der Waals surface area contributed by atoms with Crippen molar-refractivity contribution in [2.45, 2.75) is 11.5 Å². The molecule has 0 aliphatic carbocycles. The predicted molar refractivity (Wildman–Crippen MR) is 98.2 cm³/mol. The molecule has 0 aromatic heterocycles. The Hall–Kier alpha value is -2.66. The SMILES string of the molecule is c1ccc(N2CCOC3(c4ccccc4)OOC23c2ccccc2)cc1. The van der Waals surface area contributed by atoms with E-state index in [1.54, 1.807) is 0 Å². The zero-order valence-electron chi connectivity index (χ0n) is 14.2. The minimum Gasteiger partial charge on any atom is -0.338 e. The highest BCUT2D eigenvalue weighted by Crippen LogP contribution is 2.59. The van der Waals surface area contributed by atoms with Crippen molar-refractivity contribution in [3.63, 3.8) is 0 Å². The monoisotopic (exact) mass is 345 g/mol. The highest BCUT2D eigenvalue weighted by atomic mass is 17.3. The smallest absolute Gasteiger partial charge is 0.283 e. The molecule has 2 atom stereocenters. The number of ether oxygens (including phenoxy) is 1. The lowest BCUT2D eigenvalue weighted by Crippen LogP contribution is -2.75. The first-order chi connectivity index (χ1) is 12.9. The van der Waals surface area contributed by atoms with Crippen LogP contribution >= 0.6 is 0 Å². The van der Waals surface area contributed by atoms with Gasteiger partial charge in [0.1, 0.15) is 0 Å². The van der Waals surface area contributed by atoms with Crippen molar-refractivity contribution in [1.82, 2.24) is 0 Å². The van der Waals surface area contributed by atoms with Gasteiger partial charge in [-0.15, -0.1) is 0 Å². The third-order valence-corrected chi connectivity index (χ3v) is 5.11. The van der Waals surface area contributed by atoms with Crippen molar-refractivity contribution in [3.05, 3.63) is 102 Å². The standard InChI is InChI=1S/C22H19NO3/c1-4-10-18(11-5-1)21-22(26-25-21,19-12-6-2-7-13-19)24-17-16-23(21)20-14-8-3-9-15-20/h1-15H,16-17H2. The Labute approximate surface area is 152 Å². The fraction of sp³-hybridized carbons (Fsp3) is 0.182. The summed E-state index contributed by atoms with van der Waals surface area (Å²) in [7, 11) is 0. The van der Waals surface area contributed by atoms with Crippen LogP contribution in [0, 0.1) is 0 Å². The molecule has 0 radical (unpaired) electrons. The van der Waals surface area contributed by atoms with Gasteiger partial charge in [0.15, 0.2) is 0 Å². The van der Waals surface area contributed by atoms with Crippen LogP contribution in [0.1, 0.15) is 11.1 Å². The van der Waals surface area contributed by atoms with E-state index in [2.05, 4.69) is 29.2 Å². The molecule has 0 spiro atoms. The van der Waals surface area contributed by atoms with E-state index in [4.69, 9.17) is 14.5 Å². The second-order valence-corrected chi connectivity index (χ2v) is 6.49. The number of morpholine rings is 1. The van der Waals surface area contributed by atoms with Gasteiger partial charge in [-0.2, -0.15) is 9.78 Å². The van der Waals surface area contributed by atoms with Crippen LogP contribution < -0.4 is 4.90 Å². The molecule has 3 aromatic rings. The molecule has 2 fully saturated rings. The number of anilines is 1. The van der Waals surface area contributed by atoms with E-state index in [0.717, 1.165) is 16.8 Å². The Kier molecular flexibility index (Phi) is 3.57. The first-order valence-electron chi connectivity index (χ1n) is 8.81. The Balaban J connectivity index is 1.73. The third kappa shape index (κ3) is 2.01. The fourth-order valence-electron chi connectivity index (χ4n) is 3.94. The van der Waals surface area contributed by atoms with Crippen molar-refractivity contribution < 1.29 is 14.5 Å². The van der Waals surface area contributed by atoms with Crippen LogP contribution in [0.25, 0.3) is 0 Å². The minimum atomic E-state index is -1.01. The summed E-state index contributed by atoms with van der Waals surface area (Å²) in [6.45, 7) is 1.25. The maximum absolute atomic E-state index is 6.27. The summed E-state index contributed by atoms with van der Waals surface area (Å²) in [5.41, 5.74) is 2.13. The fourth-order valence-corrected chi connectivity index (χ4v) is 3.94. The molecule has 130 valence electrons. The quantitative estimate of drug-likeness (QED) is 0.666. The molecule has 0 amide bonds. The van der Waals surface area contributed by atoms with E-state index >= 15 is 0 Å². The number of hydrogen-bond acceptors (Lipinski definition) is 4. The number of para-hydroxylation sites is 1. The maximum atomic E-state index is 6.27. The first-order valence-corrected chi connectivity index (χ1v) is 8.81. The van der Waals surface area contributed by atoms with Crippen LogP contribution in [0.4, 0.5) is 5.69 Å². The molecule has 2 aliphatic rings. The molecule has 2 aliphatic heterocycles. The van der Waals surface area contributed by atoms with Crippen molar-refractivity contribution >= 4 is 5.69 Å². The molecule has 26 heavy (non-hydrogen) atoms. The topological polar surface area (TPSA) is 30.9 Å². The lowest BCUT2D eigenvalue weighted by atomic mass is 9.83. The molecular weight excluding hydrogens is 326 g/mol. The number of hydrogen-bond donors (Lipinski definition) is 0. The summed E-state index contributed by atoms with van der Waals surface area (Å²) in [5, 5.41) is 0. The summed E-state index contributed by atoms with van der Waals surface area (Å²) in [5.74, 6) is -1.01. The highest BCUT2D eigenvalue weighted by Gasteiger charge is 2.73. The van der Waals surface area contributed by atoms with Gasteiger partial charge in [0.25, 0.3) is 11.5 Å². The predicted octanol–water partition coefficient (Wildman–Crippen LogP) is 4.19. The second kappa shape index (κ2) is 5.95. The molecule has 2 heterocycles. The van der Waals surface area contributed by atoms with Gasteiger partial charge in [-0.25, -0.2) is 0 Å². The van der Waals surface area contributed by atoms with Crippen molar-refractivity contribution in [2.24, 2.45) is 0 Å². The molecule has 0 N–H and O–H groups in total. The molecule has 4 nitrogen and oxygen atoms in total. The summed E-state index contributed by atoms with van der Waals surface area (Å²) in [4.78, 5) is 13.9. The van der Waals surface area contributed by atoms with Gasteiger partial charge >= 0.3 is 0 Å². The molecule has 2 saturated heterocycles. The van der Waals surface area contributed by atoms with E-state index in [0.29, 0.717) is 13.2 Å².